The van der Waals surface area contributed by atoms with Crippen molar-refractivity contribution >= 4 is 17.7 Å². The lowest BCUT2D eigenvalue weighted by Crippen LogP contribution is -2.49. The average molecular weight is 511 g/mol. The summed E-state index contributed by atoms with van der Waals surface area (Å²) in [5.41, 5.74) is 0.690. The summed E-state index contributed by atoms with van der Waals surface area (Å²) in [6.07, 6.45) is 3.64. The molecule has 0 bridgehead atoms. The molecular weight excluding hydrogens is 473 g/mol. The molecule has 7 nitrogen and oxygen atoms in total. The average Bonchev–Trinajstić information content (AvgIpc) is 2.85. The monoisotopic (exact) mass is 510 g/mol. The number of pyridine rings is 1. The molecule has 1 saturated heterocycles. The van der Waals surface area contributed by atoms with Crippen molar-refractivity contribution in [2.45, 2.75) is 88.3 Å². The lowest BCUT2D eigenvalue weighted by atomic mass is 9.86. The van der Waals surface area contributed by atoms with Crippen LogP contribution in [0.3, 0.4) is 0 Å². The number of anilines is 1. The lowest BCUT2D eigenvalue weighted by molar-refractivity contribution is -0.143. The second-order valence-electron chi connectivity index (χ2n) is 10.7. The largest absolute Gasteiger partial charge is 0.480 e. The maximum Gasteiger partial charge on any atom is 0.326 e. The molecule has 3 N–H and O–H groups in total. The predicted octanol–water partition coefficient (Wildman–Crippen LogP) is 3.96. The van der Waals surface area contributed by atoms with Gasteiger partial charge >= 0.3 is 5.97 Å². The third kappa shape index (κ3) is 7.11. The van der Waals surface area contributed by atoms with Gasteiger partial charge < -0.3 is 20.6 Å². The van der Waals surface area contributed by atoms with Gasteiger partial charge in [0.05, 0.1) is 0 Å². The van der Waals surface area contributed by atoms with Gasteiger partial charge in [0.2, 0.25) is 11.8 Å². The molecular formula is C26H37F3N4O3. The van der Waals surface area contributed by atoms with E-state index in [1.165, 1.54) is 5.56 Å². The number of carbonyl (C=O) groups excluding carboxylic acids is 1. The number of carboxylic acid groups (broad SMARTS) is 1. The van der Waals surface area contributed by atoms with E-state index in [2.05, 4.69) is 21.7 Å². The minimum Gasteiger partial charge on any atom is -0.480 e. The second kappa shape index (κ2) is 11.4. The standard InChI is InChI=1S/C26H37F3N4O3/c27-25(11-8-20-5-4-18-3-1-14-30-22(18)31-20)10-2-15-33(17-25)16-9-21(24(35)36)32-23(34)19-6-12-26(28,29)13-7-19/h4-5,19,21H,1-3,6-17H2,(H,30,31)(H,32,34)(H,35,36)/t21-,25+/m0/s1. The summed E-state index contributed by atoms with van der Waals surface area (Å²) in [5.74, 6) is -4.08. The summed E-state index contributed by atoms with van der Waals surface area (Å²) in [5, 5.41) is 15.4. The Hall–Kier alpha value is -2.36. The quantitative estimate of drug-likeness (QED) is 0.466. The summed E-state index contributed by atoms with van der Waals surface area (Å²) in [6.45, 7) is 2.13. The normalized spacial score (nSPS) is 25.4. The molecule has 1 aliphatic carbocycles. The number of hydrogen-bond acceptors (Lipinski definition) is 5. The number of likely N-dealkylation sites (tertiary alicyclic amines) is 1. The van der Waals surface area contributed by atoms with Crippen LogP contribution >= 0.6 is 0 Å². The highest BCUT2D eigenvalue weighted by molar-refractivity contribution is 5.85. The zero-order chi connectivity index (χ0) is 25.8. The van der Waals surface area contributed by atoms with Crippen LogP contribution in [0.25, 0.3) is 0 Å². The Kier molecular flexibility index (Phi) is 8.42. The molecule has 2 fully saturated rings. The first-order chi connectivity index (χ1) is 17.1. The van der Waals surface area contributed by atoms with Gasteiger partial charge in [0.15, 0.2) is 0 Å². The smallest absolute Gasteiger partial charge is 0.326 e. The number of alkyl halides is 3. The number of nitrogens with one attached hydrogen (secondary N) is 2. The first kappa shape index (κ1) is 26.7. The Balaban J connectivity index is 1.25. The van der Waals surface area contributed by atoms with E-state index >= 15 is 4.39 Å². The summed E-state index contributed by atoms with van der Waals surface area (Å²) >= 11 is 0. The molecule has 10 heteroatoms. The van der Waals surface area contributed by atoms with Crippen LogP contribution in [0.4, 0.5) is 19.0 Å². The number of fused-ring (bicyclic) bond motifs is 1. The van der Waals surface area contributed by atoms with E-state index in [-0.39, 0.29) is 38.6 Å². The van der Waals surface area contributed by atoms with Crippen LogP contribution in [0.1, 0.15) is 69.0 Å². The summed E-state index contributed by atoms with van der Waals surface area (Å²) in [6, 6.07) is 2.92. The molecule has 1 saturated carbocycles. The Bertz CT molecular complexity index is 937. The Morgan fingerprint density at radius 2 is 1.97 bits per heavy atom. The highest BCUT2D eigenvalue weighted by atomic mass is 19.3. The van der Waals surface area contributed by atoms with Crippen molar-refractivity contribution in [2.75, 3.05) is 31.5 Å². The Morgan fingerprint density at radius 1 is 1.19 bits per heavy atom. The van der Waals surface area contributed by atoms with Crippen molar-refractivity contribution in [3.8, 4) is 0 Å². The second-order valence-corrected chi connectivity index (χ2v) is 10.7. The fraction of sp³-hybridized carbons (Fsp3) is 0.731. The number of amides is 1. The molecule has 36 heavy (non-hydrogen) atoms. The fourth-order valence-electron chi connectivity index (χ4n) is 5.59. The number of halogens is 3. The zero-order valence-electron chi connectivity index (χ0n) is 20.7. The molecule has 2 atom stereocenters. The minimum absolute atomic E-state index is 0.0524. The molecule has 1 aromatic rings. The molecule has 0 unspecified atom stereocenters. The number of hydrogen-bond donors (Lipinski definition) is 3. The molecule has 2 aliphatic heterocycles. The zero-order valence-corrected chi connectivity index (χ0v) is 20.7. The fourth-order valence-corrected chi connectivity index (χ4v) is 5.59. The number of piperidine rings is 1. The molecule has 200 valence electrons. The molecule has 0 radical (unpaired) electrons. The van der Waals surface area contributed by atoms with Gasteiger partial charge in [0.1, 0.15) is 17.5 Å². The van der Waals surface area contributed by atoms with Crippen LogP contribution in [0.5, 0.6) is 0 Å². The van der Waals surface area contributed by atoms with Crippen molar-refractivity contribution in [2.24, 2.45) is 5.92 Å². The number of aryl methyl sites for hydroxylation is 2. The first-order valence-electron chi connectivity index (χ1n) is 13.2. The first-order valence-corrected chi connectivity index (χ1v) is 13.2. The number of carbonyl (C=O) groups is 2. The van der Waals surface area contributed by atoms with Crippen molar-refractivity contribution in [1.82, 2.24) is 15.2 Å². The molecule has 1 amide bonds. The maximum atomic E-state index is 15.7. The van der Waals surface area contributed by atoms with Gasteiger partial charge in [-0.3, -0.25) is 4.79 Å². The number of carboxylic acids is 1. The van der Waals surface area contributed by atoms with Crippen LogP contribution in [-0.4, -0.2) is 70.7 Å². The van der Waals surface area contributed by atoms with E-state index in [9.17, 15) is 23.5 Å². The third-order valence-electron chi connectivity index (χ3n) is 7.82. The number of nitrogens with zero attached hydrogens (tertiary/aromatic N) is 2. The summed E-state index contributed by atoms with van der Waals surface area (Å²) in [4.78, 5) is 30.8. The van der Waals surface area contributed by atoms with E-state index in [0.29, 0.717) is 38.8 Å². The van der Waals surface area contributed by atoms with E-state index in [4.69, 9.17) is 0 Å². The van der Waals surface area contributed by atoms with Crippen LogP contribution in [0, 0.1) is 5.92 Å². The van der Waals surface area contributed by atoms with E-state index in [1.807, 2.05) is 11.0 Å². The van der Waals surface area contributed by atoms with Gasteiger partial charge in [-0.15, -0.1) is 0 Å². The van der Waals surface area contributed by atoms with Crippen molar-refractivity contribution in [3.63, 3.8) is 0 Å². The van der Waals surface area contributed by atoms with E-state index in [0.717, 1.165) is 30.9 Å². The summed E-state index contributed by atoms with van der Waals surface area (Å²) < 4.78 is 42.5. The highest BCUT2D eigenvalue weighted by Crippen LogP contribution is 2.36. The van der Waals surface area contributed by atoms with Gasteiger partial charge in [0.25, 0.3) is 0 Å². The minimum atomic E-state index is -2.75. The van der Waals surface area contributed by atoms with Gasteiger partial charge in [0, 0.05) is 44.1 Å². The third-order valence-corrected chi connectivity index (χ3v) is 7.82. The molecule has 0 spiro atoms. The van der Waals surface area contributed by atoms with Crippen LogP contribution in [0.15, 0.2) is 12.1 Å². The number of rotatable bonds is 9. The van der Waals surface area contributed by atoms with Gasteiger partial charge in [-0.05, 0) is 76.0 Å². The highest BCUT2D eigenvalue weighted by Gasteiger charge is 2.39. The maximum absolute atomic E-state index is 15.7. The molecule has 3 aliphatic rings. The number of aromatic nitrogens is 1. The Labute approximate surface area is 210 Å². The Morgan fingerprint density at radius 3 is 2.72 bits per heavy atom. The van der Waals surface area contributed by atoms with Crippen LogP contribution in [0.2, 0.25) is 0 Å². The van der Waals surface area contributed by atoms with E-state index in [1.54, 1.807) is 0 Å². The van der Waals surface area contributed by atoms with Gasteiger partial charge in [-0.2, -0.15) is 0 Å². The van der Waals surface area contributed by atoms with Crippen molar-refractivity contribution in [1.29, 1.82) is 0 Å². The summed E-state index contributed by atoms with van der Waals surface area (Å²) in [7, 11) is 0. The molecule has 1 aromatic heterocycles. The van der Waals surface area contributed by atoms with Gasteiger partial charge in [-0.25, -0.2) is 22.9 Å². The molecule has 0 aromatic carbocycles. The van der Waals surface area contributed by atoms with Crippen molar-refractivity contribution < 1.29 is 27.9 Å². The lowest BCUT2D eigenvalue weighted by Gasteiger charge is -2.38. The SMILES string of the molecule is O=C(N[C@@H](CCN1CCC[C@@](F)(CCc2ccc3c(n2)NCCC3)C1)C(=O)O)C1CCC(F)(F)CC1. The van der Waals surface area contributed by atoms with Crippen LogP contribution in [-0.2, 0) is 22.4 Å². The molecule has 4 rings (SSSR count). The van der Waals surface area contributed by atoms with Gasteiger partial charge in [-0.1, -0.05) is 6.07 Å². The topological polar surface area (TPSA) is 94.6 Å². The van der Waals surface area contributed by atoms with Crippen molar-refractivity contribution in [3.05, 3.63) is 23.4 Å². The van der Waals surface area contributed by atoms with Crippen LogP contribution < -0.4 is 10.6 Å². The molecule has 3 heterocycles. The van der Waals surface area contributed by atoms with E-state index < -0.39 is 35.4 Å². The number of aliphatic carboxylic acids is 1. The predicted molar refractivity (Wildman–Crippen MR) is 130 cm³/mol.